The summed E-state index contributed by atoms with van der Waals surface area (Å²) in [5.41, 5.74) is 0.607. The number of esters is 1. The SMILES string of the molecule is CCN(CC)C(=O)[C@@H](OC(=O)c1cccc(S(=O)(=O)N(C)C)c1)c1ccccc1. The zero-order valence-corrected chi connectivity index (χ0v) is 17.8. The molecule has 0 saturated carbocycles. The predicted molar refractivity (Wildman–Crippen MR) is 110 cm³/mol. The van der Waals surface area contributed by atoms with Gasteiger partial charge in [-0.05, 0) is 32.0 Å². The molecule has 0 aliphatic rings. The number of hydrogen-bond acceptors (Lipinski definition) is 5. The van der Waals surface area contributed by atoms with E-state index in [-0.39, 0.29) is 16.4 Å². The van der Waals surface area contributed by atoms with E-state index < -0.39 is 22.1 Å². The lowest BCUT2D eigenvalue weighted by Gasteiger charge is -2.25. The molecule has 7 nitrogen and oxygen atoms in total. The van der Waals surface area contributed by atoms with E-state index in [1.165, 1.54) is 38.4 Å². The molecule has 2 aromatic rings. The van der Waals surface area contributed by atoms with Gasteiger partial charge in [-0.25, -0.2) is 17.5 Å². The molecule has 0 aliphatic carbocycles. The molecular formula is C21H26N2O5S. The van der Waals surface area contributed by atoms with Crippen molar-refractivity contribution in [2.45, 2.75) is 24.8 Å². The molecule has 0 bridgehead atoms. The fraction of sp³-hybridized carbons (Fsp3) is 0.333. The van der Waals surface area contributed by atoms with Crippen molar-refractivity contribution < 1.29 is 22.7 Å². The van der Waals surface area contributed by atoms with Gasteiger partial charge >= 0.3 is 5.97 Å². The number of carbonyl (C=O) groups is 2. The number of hydrogen-bond donors (Lipinski definition) is 0. The van der Waals surface area contributed by atoms with Crippen molar-refractivity contribution in [1.82, 2.24) is 9.21 Å². The molecule has 0 heterocycles. The number of amides is 1. The Morgan fingerprint density at radius 3 is 2.14 bits per heavy atom. The number of rotatable bonds is 8. The van der Waals surface area contributed by atoms with Crippen molar-refractivity contribution in [2.75, 3.05) is 27.2 Å². The second-order valence-electron chi connectivity index (χ2n) is 6.52. The smallest absolute Gasteiger partial charge is 0.339 e. The molecule has 0 fully saturated rings. The maximum Gasteiger partial charge on any atom is 0.339 e. The summed E-state index contributed by atoms with van der Waals surface area (Å²) < 4.78 is 31.3. The van der Waals surface area contributed by atoms with Crippen LogP contribution in [0, 0.1) is 0 Å². The van der Waals surface area contributed by atoms with Crippen LogP contribution in [0.25, 0.3) is 0 Å². The molecule has 0 radical (unpaired) electrons. The quantitative estimate of drug-likeness (QED) is 0.616. The summed E-state index contributed by atoms with van der Waals surface area (Å²) in [6.07, 6.45) is -1.11. The van der Waals surface area contributed by atoms with E-state index in [0.717, 1.165) is 4.31 Å². The van der Waals surface area contributed by atoms with E-state index >= 15 is 0 Å². The first kappa shape index (κ1) is 22.6. The van der Waals surface area contributed by atoms with Crippen molar-refractivity contribution in [2.24, 2.45) is 0 Å². The third-order valence-corrected chi connectivity index (χ3v) is 6.29. The monoisotopic (exact) mass is 418 g/mol. The first-order valence-electron chi connectivity index (χ1n) is 9.29. The molecule has 0 N–H and O–H groups in total. The van der Waals surface area contributed by atoms with Gasteiger partial charge in [-0.1, -0.05) is 36.4 Å². The van der Waals surface area contributed by atoms with Crippen LogP contribution in [0.15, 0.2) is 59.5 Å². The number of ether oxygens (including phenoxy) is 1. The summed E-state index contributed by atoms with van der Waals surface area (Å²) in [6, 6.07) is 14.3. The highest BCUT2D eigenvalue weighted by Crippen LogP contribution is 2.23. The molecule has 0 aromatic heterocycles. The van der Waals surface area contributed by atoms with Gasteiger partial charge in [0.2, 0.25) is 16.1 Å². The highest BCUT2D eigenvalue weighted by molar-refractivity contribution is 7.89. The number of nitrogens with zero attached hydrogens (tertiary/aromatic N) is 2. The number of likely N-dealkylation sites (N-methyl/N-ethyl adjacent to an activating group) is 1. The molecular weight excluding hydrogens is 392 g/mol. The predicted octanol–water partition coefficient (Wildman–Crippen LogP) is 2.70. The molecule has 2 rings (SSSR count). The van der Waals surface area contributed by atoms with Crippen LogP contribution in [-0.2, 0) is 19.6 Å². The Morgan fingerprint density at radius 2 is 1.59 bits per heavy atom. The van der Waals surface area contributed by atoms with Crippen LogP contribution in [0.1, 0.15) is 35.9 Å². The summed E-state index contributed by atoms with van der Waals surface area (Å²) in [5, 5.41) is 0. The van der Waals surface area contributed by atoms with Crippen LogP contribution < -0.4 is 0 Å². The Labute approximate surface area is 171 Å². The topological polar surface area (TPSA) is 84.0 Å². The highest BCUT2D eigenvalue weighted by Gasteiger charge is 2.29. The minimum atomic E-state index is -3.70. The molecule has 0 spiro atoms. The second kappa shape index (κ2) is 9.67. The fourth-order valence-electron chi connectivity index (χ4n) is 2.76. The van der Waals surface area contributed by atoms with Crippen LogP contribution in [0.2, 0.25) is 0 Å². The van der Waals surface area contributed by atoms with Crippen LogP contribution in [0.4, 0.5) is 0 Å². The van der Waals surface area contributed by atoms with Gasteiger partial charge in [0.05, 0.1) is 10.5 Å². The van der Waals surface area contributed by atoms with Crippen molar-refractivity contribution in [1.29, 1.82) is 0 Å². The molecule has 0 unspecified atom stereocenters. The summed E-state index contributed by atoms with van der Waals surface area (Å²) in [4.78, 5) is 27.3. The van der Waals surface area contributed by atoms with Gasteiger partial charge in [0.25, 0.3) is 5.91 Å². The van der Waals surface area contributed by atoms with Crippen LogP contribution >= 0.6 is 0 Å². The third kappa shape index (κ3) is 5.21. The Bertz CT molecular complexity index is 954. The molecule has 29 heavy (non-hydrogen) atoms. The molecule has 0 saturated heterocycles. The Balaban J connectivity index is 2.37. The van der Waals surface area contributed by atoms with Gasteiger partial charge in [0.1, 0.15) is 0 Å². The highest BCUT2D eigenvalue weighted by atomic mass is 32.2. The van der Waals surface area contributed by atoms with Gasteiger partial charge in [-0.15, -0.1) is 0 Å². The normalized spacial score (nSPS) is 12.4. The number of benzene rings is 2. The molecule has 1 amide bonds. The second-order valence-corrected chi connectivity index (χ2v) is 8.67. The number of sulfonamides is 1. The van der Waals surface area contributed by atoms with Gasteiger partial charge in [-0.2, -0.15) is 0 Å². The Kier molecular flexibility index (Phi) is 7.53. The van der Waals surface area contributed by atoms with Crippen LogP contribution in [0.3, 0.4) is 0 Å². The van der Waals surface area contributed by atoms with Gasteiger partial charge in [-0.3, -0.25) is 4.79 Å². The molecule has 0 aliphatic heterocycles. The molecule has 2 aromatic carbocycles. The lowest BCUT2D eigenvalue weighted by molar-refractivity contribution is -0.140. The molecule has 8 heteroatoms. The summed E-state index contributed by atoms with van der Waals surface area (Å²) in [7, 11) is -0.878. The first-order chi connectivity index (χ1) is 13.7. The average Bonchev–Trinajstić information content (AvgIpc) is 2.73. The molecule has 1 atom stereocenters. The van der Waals surface area contributed by atoms with Crippen LogP contribution in [-0.4, -0.2) is 56.7 Å². The lowest BCUT2D eigenvalue weighted by atomic mass is 10.1. The van der Waals surface area contributed by atoms with E-state index in [1.807, 2.05) is 13.8 Å². The summed E-state index contributed by atoms with van der Waals surface area (Å²) in [5.74, 6) is -1.10. The standard InChI is InChI=1S/C21H26N2O5S/c1-5-23(6-2)20(24)19(16-11-8-7-9-12-16)28-21(25)17-13-10-14-18(15-17)29(26,27)22(3)4/h7-15,19H,5-6H2,1-4H3/t19-/m0/s1. The van der Waals surface area contributed by atoms with Crippen molar-refractivity contribution >= 4 is 21.9 Å². The maximum absolute atomic E-state index is 12.9. The maximum atomic E-state index is 12.9. The summed E-state index contributed by atoms with van der Waals surface area (Å²) in [6.45, 7) is 4.65. The lowest BCUT2D eigenvalue weighted by Crippen LogP contribution is -2.36. The van der Waals surface area contributed by atoms with E-state index in [9.17, 15) is 18.0 Å². The van der Waals surface area contributed by atoms with E-state index in [1.54, 1.807) is 35.2 Å². The largest absolute Gasteiger partial charge is 0.444 e. The van der Waals surface area contributed by atoms with Crippen molar-refractivity contribution in [3.05, 3.63) is 65.7 Å². The average molecular weight is 419 g/mol. The van der Waals surface area contributed by atoms with Gasteiger partial charge in [0, 0.05) is 32.7 Å². The third-order valence-electron chi connectivity index (χ3n) is 4.47. The number of carbonyl (C=O) groups excluding carboxylic acids is 2. The van der Waals surface area contributed by atoms with Gasteiger partial charge < -0.3 is 9.64 Å². The van der Waals surface area contributed by atoms with Crippen LogP contribution in [0.5, 0.6) is 0 Å². The van der Waals surface area contributed by atoms with E-state index in [4.69, 9.17) is 4.74 Å². The first-order valence-corrected chi connectivity index (χ1v) is 10.7. The summed E-state index contributed by atoms with van der Waals surface area (Å²) >= 11 is 0. The zero-order chi connectivity index (χ0) is 21.6. The van der Waals surface area contributed by atoms with Gasteiger partial charge in [0.15, 0.2) is 0 Å². The zero-order valence-electron chi connectivity index (χ0n) is 17.0. The van der Waals surface area contributed by atoms with E-state index in [0.29, 0.717) is 18.7 Å². The fourth-order valence-corrected chi connectivity index (χ4v) is 3.71. The van der Waals surface area contributed by atoms with Crippen molar-refractivity contribution in [3.63, 3.8) is 0 Å². The molecule has 156 valence electrons. The minimum absolute atomic E-state index is 0.0247. The Hall–Kier alpha value is -2.71. The van der Waals surface area contributed by atoms with Crippen molar-refractivity contribution in [3.8, 4) is 0 Å². The van der Waals surface area contributed by atoms with E-state index in [2.05, 4.69) is 0 Å². The minimum Gasteiger partial charge on any atom is -0.444 e. The Morgan fingerprint density at radius 1 is 0.966 bits per heavy atom.